The van der Waals surface area contributed by atoms with Gasteiger partial charge in [-0.2, -0.15) is 0 Å². The molecule has 1 N–H and O–H groups in total. The number of hydrogen-bond donors (Lipinski definition) is 1. The summed E-state index contributed by atoms with van der Waals surface area (Å²) in [7, 11) is 4.16. The molecule has 2 amide bonds. The summed E-state index contributed by atoms with van der Waals surface area (Å²) >= 11 is 0. The topological polar surface area (TPSA) is 61.9 Å². The van der Waals surface area contributed by atoms with E-state index in [-0.39, 0.29) is 17.9 Å². The van der Waals surface area contributed by atoms with Gasteiger partial charge in [0.05, 0.1) is 12.3 Å². The molecular formula is C29H33N3O3. The van der Waals surface area contributed by atoms with E-state index in [2.05, 4.69) is 30.4 Å². The first-order chi connectivity index (χ1) is 16.9. The van der Waals surface area contributed by atoms with Crippen LogP contribution in [0.3, 0.4) is 0 Å². The fourth-order valence-electron chi connectivity index (χ4n) is 4.69. The first-order valence-electron chi connectivity index (χ1n) is 12.1. The minimum Gasteiger partial charge on any atom is -0.492 e. The molecule has 1 aliphatic rings. The number of rotatable bonds is 6. The molecule has 0 aliphatic carbocycles. The average molecular weight is 472 g/mol. The maximum atomic E-state index is 13.7. The van der Waals surface area contributed by atoms with Crippen LogP contribution in [-0.4, -0.2) is 44.0 Å². The first-order valence-corrected chi connectivity index (χ1v) is 12.1. The summed E-state index contributed by atoms with van der Waals surface area (Å²) in [6.45, 7) is 4.85. The summed E-state index contributed by atoms with van der Waals surface area (Å²) in [5.41, 5.74) is 4.68. The molecule has 3 aromatic rings. The largest absolute Gasteiger partial charge is 0.492 e. The van der Waals surface area contributed by atoms with E-state index in [0.717, 1.165) is 29.7 Å². The molecule has 0 aromatic heterocycles. The summed E-state index contributed by atoms with van der Waals surface area (Å²) in [5.74, 6) is 0.198. The molecule has 0 fully saturated rings. The third-order valence-corrected chi connectivity index (χ3v) is 6.48. The van der Waals surface area contributed by atoms with E-state index in [1.165, 1.54) is 0 Å². The molecule has 1 aliphatic heterocycles. The van der Waals surface area contributed by atoms with Gasteiger partial charge in [0.25, 0.3) is 11.8 Å². The zero-order chi connectivity index (χ0) is 24.9. The van der Waals surface area contributed by atoms with E-state index in [0.29, 0.717) is 35.7 Å². The number of nitrogens with zero attached hydrogens (tertiary/aromatic N) is 2. The standard InChI is InChI=1S/C29H33N3O3/c1-5-35-27-19-21(16-17-24(27)30-28(33)22-12-7-6-11-20(22)2)29(34)32-18-10-15-25(31(3)4)23-13-8-9-14-26(23)32/h6-9,11-14,16-17,19,25H,5,10,15,18H2,1-4H3,(H,30,33). The van der Waals surface area contributed by atoms with Gasteiger partial charge in [-0.05, 0) is 82.2 Å². The number of nitrogens with one attached hydrogen (secondary N) is 1. The highest BCUT2D eigenvalue weighted by Gasteiger charge is 2.28. The highest BCUT2D eigenvalue weighted by molar-refractivity contribution is 6.09. The highest BCUT2D eigenvalue weighted by atomic mass is 16.5. The number of ether oxygens (including phenoxy) is 1. The van der Waals surface area contributed by atoms with Crippen molar-refractivity contribution in [2.75, 3.05) is 37.5 Å². The maximum Gasteiger partial charge on any atom is 0.258 e. The van der Waals surface area contributed by atoms with Crippen molar-refractivity contribution in [3.05, 3.63) is 89.0 Å². The Bertz CT molecular complexity index is 1220. The average Bonchev–Trinajstić information content (AvgIpc) is 3.05. The minimum absolute atomic E-state index is 0.0745. The van der Waals surface area contributed by atoms with Crippen LogP contribution in [0.1, 0.15) is 57.7 Å². The highest BCUT2D eigenvalue weighted by Crippen LogP contribution is 2.36. The van der Waals surface area contributed by atoms with Crippen molar-refractivity contribution < 1.29 is 14.3 Å². The Morgan fingerprint density at radius 1 is 1.06 bits per heavy atom. The van der Waals surface area contributed by atoms with Gasteiger partial charge in [-0.1, -0.05) is 36.4 Å². The Morgan fingerprint density at radius 3 is 2.54 bits per heavy atom. The number of amides is 2. The summed E-state index contributed by atoms with van der Waals surface area (Å²) in [6.07, 6.45) is 1.90. The molecule has 3 aromatic carbocycles. The van der Waals surface area contributed by atoms with Crippen LogP contribution in [0.15, 0.2) is 66.7 Å². The molecule has 0 radical (unpaired) electrons. The number of anilines is 2. The second-order valence-electron chi connectivity index (χ2n) is 9.05. The fraction of sp³-hybridized carbons (Fsp3) is 0.310. The molecule has 6 nitrogen and oxygen atoms in total. The number of para-hydroxylation sites is 1. The number of aryl methyl sites for hydroxylation is 1. The molecule has 0 spiro atoms. The van der Waals surface area contributed by atoms with Gasteiger partial charge in [-0.3, -0.25) is 9.59 Å². The number of carbonyl (C=O) groups is 2. The minimum atomic E-state index is -0.209. The molecule has 4 rings (SSSR count). The van der Waals surface area contributed by atoms with Crippen LogP contribution in [0, 0.1) is 6.92 Å². The Morgan fingerprint density at radius 2 is 1.80 bits per heavy atom. The lowest BCUT2D eigenvalue weighted by molar-refractivity contribution is 0.0985. The van der Waals surface area contributed by atoms with Crippen LogP contribution in [-0.2, 0) is 0 Å². The first kappa shape index (κ1) is 24.5. The second-order valence-corrected chi connectivity index (χ2v) is 9.05. The summed E-state index contributed by atoms with van der Waals surface area (Å²) in [5, 5.41) is 2.95. The molecule has 1 heterocycles. The zero-order valence-electron chi connectivity index (χ0n) is 20.9. The Balaban J connectivity index is 1.64. The van der Waals surface area contributed by atoms with Crippen molar-refractivity contribution in [3.8, 4) is 5.75 Å². The van der Waals surface area contributed by atoms with Crippen molar-refractivity contribution in [1.82, 2.24) is 4.90 Å². The van der Waals surface area contributed by atoms with Gasteiger partial charge in [0, 0.05) is 29.4 Å². The Kier molecular flexibility index (Phi) is 7.51. The van der Waals surface area contributed by atoms with Crippen LogP contribution in [0.25, 0.3) is 0 Å². The predicted molar refractivity (Wildman–Crippen MR) is 141 cm³/mol. The molecule has 6 heteroatoms. The second kappa shape index (κ2) is 10.7. The maximum absolute atomic E-state index is 13.7. The van der Waals surface area contributed by atoms with E-state index in [4.69, 9.17) is 4.74 Å². The van der Waals surface area contributed by atoms with Crippen molar-refractivity contribution in [3.63, 3.8) is 0 Å². The molecule has 1 atom stereocenters. The summed E-state index contributed by atoms with van der Waals surface area (Å²) < 4.78 is 5.83. The van der Waals surface area contributed by atoms with Crippen LogP contribution in [0.4, 0.5) is 11.4 Å². The lowest BCUT2D eigenvalue weighted by atomic mass is 10.0. The van der Waals surface area contributed by atoms with Gasteiger partial charge in [-0.15, -0.1) is 0 Å². The van der Waals surface area contributed by atoms with Gasteiger partial charge in [0.2, 0.25) is 0 Å². The monoisotopic (exact) mass is 471 g/mol. The number of fused-ring (bicyclic) bond motifs is 1. The molecule has 0 saturated carbocycles. The van der Waals surface area contributed by atoms with Crippen LogP contribution in [0.2, 0.25) is 0 Å². The predicted octanol–water partition coefficient (Wildman–Crippen LogP) is 5.69. The van der Waals surface area contributed by atoms with Gasteiger partial charge in [0.1, 0.15) is 5.75 Å². The lowest BCUT2D eigenvalue weighted by Gasteiger charge is -2.27. The van der Waals surface area contributed by atoms with Crippen LogP contribution < -0.4 is 15.0 Å². The zero-order valence-corrected chi connectivity index (χ0v) is 20.9. The van der Waals surface area contributed by atoms with Crippen molar-refractivity contribution in [2.45, 2.75) is 32.7 Å². The number of hydrogen-bond acceptors (Lipinski definition) is 4. The molecule has 0 saturated heterocycles. The number of carbonyl (C=O) groups excluding carboxylic acids is 2. The van der Waals surface area contributed by atoms with E-state index < -0.39 is 0 Å². The van der Waals surface area contributed by atoms with Crippen LogP contribution in [0.5, 0.6) is 5.75 Å². The lowest BCUT2D eigenvalue weighted by Crippen LogP contribution is -2.32. The van der Waals surface area contributed by atoms with E-state index in [1.807, 2.05) is 55.1 Å². The van der Waals surface area contributed by atoms with Crippen molar-refractivity contribution in [2.24, 2.45) is 0 Å². The Labute approximate surface area is 207 Å². The number of benzene rings is 3. The van der Waals surface area contributed by atoms with Crippen molar-refractivity contribution >= 4 is 23.2 Å². The molecule has 1 unspecified atom stereocenters. The van der Waals surface area contributed by atoms with E-state index in [9.17, 15) is 9.59 Å². The fourth-order valence-corrected chi connectivity index (χ4v) is 4.69. The third-order valence-electron chi connectivity index (χ3n) is 6.48. The van der Waals surface area contributed by atoms with Crippen molar-refractivity contribution in [1.29, 1.82) is 0 Å². The molecule has 0 bridgehead atoms. The van der Waals surface area contributed by atoms with E-state index >= 15 is 0 Å². The smallest absolute Gasteiger partial charge is 0.258 e. The van der Waals surface area contributed by atoms with Gasteiger partial charge in [-0.25, -0.2) is 0 Å². The quantitative estimate of drug-likeness (QED) is 0.502. The van der Waals surface area contributed by atoms with Gasteiger partial charge >= 0.3 is 0 Å². The normalized spacial score (nSPS) is 15.3. The molecular weight excluding hydrogens is 438 g/mol. The van der Waals surface area contributed by atoms with Crippen LogP contribution >= 0.6 is 0 Å². The van der Waals surface area contributed by atoms with Gasteiger partial charge in [0.15, 0.2) is 0 Å². The van der Waals surface area contributed by atoms with Gasteiger partial charge < -0.3 is 19.9 Å². The summed E-state index contributed by atoms with van der Waals surface area (Å²) in [6, 6.07) is 21.1. The summed E-state index contributed by atoms with van der Waals surface area (Å²) in [4.78, 5) is 30.7. The Hall–Kier alpha value is -3.64. The SMILES string of the molecule is CCOc1cc(C(=O)N2CCCC(N(C)C)c3ccccc32)ccc1NC(=O)c1ccccc1C. The molecule has 35 heavy (non-hydrogen) atoms. The molecule has 182 valence electrons. The third kappa shape index (κ3) is 5.23. The van der Waals surface area contributed by atoms with E-state index in [1.54, 1.807) is 24.3 Å².